The Labute approximate surface area is 171 Å². The summed E-state index contributed by atoms with van der Waals surface area (Å²) >= 11 is 13.8. The smallest absolute Gasteiger partial charge is 0.279 e. The predicted molar refractivity (Wildman–Crippen MR) is 111 cm³/mol. The average Bonchev–Trinajstić information content (AvgIpc) is 3.09. The van der Waals surface area contributed by atoms with Crippen LogP contribution in [0.2, 0.25) is 10.0 Å². The van der Waals surface area contributed by atoms with Crippen molar-refractivity contribution < 1.29 is 13.2 Å². The number of carbonyl (C=O) groups is 1. The second kappa shape index (κ2) is 7.13. The number of aliphatic imine (C=N–C) groups is 1. The van der Waals surface area contributed by atoms with E-state index in [1.54, 1.807) is 47.4 Å². The number of sulfone groups is 1. The molecule has 0 unspecified atom stereocenters. The van der Waals surface area contributed by atoms with Gasteiger partial charge in [-0.3, -0.25) is 4.79 Å². The normalized spacial score (nSPS) is 25.0. The van der Waals surface area contributed by atoms with E-state index in [-0.39, 0.29) is 28.7 Å². The van der Waals surface area contributed by atoms with Crippen LogP contribution in [0.25, 0.3) is 0 Å². The molecule has 0 radical (unpaired) electrons. The number of rotatable bonds is 2. The molecule has 9 heteroatoms. The fourth-order valence-corrected chi connectivity index (χ4v) is 7.55. The summed E-state index contributed by atoms with van der Waals surface area (Å²) in [5.41, 5.74) is 1.02. The van der Waals surface area contributed by atoms with E-state index in [4.69, 9.17) is 23.2 Å². The van der Waals surface area contributed by atoms with Gasteiger partial charge in [-0.05, 0) is 24.3 Å². The molecule has 2 aliphatic rings. The van der Waals surface area contributed by atoms with Crippen molar-refractivity contribution in [1.82, 2.24) is 0 Å². The van der Waals surface area contributed by atoms with E-state index in [9.17, 15) is 13.2 Å². The quantitative estimate of drug-likeness (QED) is 0.707. The van der Waals surface area contributed by atoms with Crippen molar-refractivity contribution in [3.8, 4) is 0 Å². The lowest BCUT2D eigenvalue weighted by Gasteiger charge is -2.25. The monoisotopic (exact) mass is 440 g/mol. The summed E-state index contributed by atoms with van der Waals surface area (Å²) in [7, 11) is -3.15. The van der Waals surface area contributed by atoms with E-state index in [2.05, 4.69) is 4.99 Å². The van der Waals surface area contributed by atoms with Crippen molar-refractivity contribution in [3.63, 3.8) is 0 Å². The van der Waals surface area contributed by atoms with Crippen molar-refractivity contribution >= 4 is 61.6 Å². The summed E-state index contributed by atoms with van der Waals surface area (Å²) in [6, 6.07) is 13.5. The predicted octanol–water partition coefficient (Wildman–Crippen LogP) is 3.91. The fourth-order valence-electron chi connectivity index (χ4n) is 3.26. The number of thioether (sulfide) groups is 1. The molecule has 2 heterocycles. The zero-order valence-corrected chi connectivity index (χ0v) is 17.0. The second-order valence-corrected chi connectivity index (χ2v) is 10.5. The van der Waals surface area contributed by atoms with Crippen LogP contribution in [0.4, 0.5) is 5.69 Å². The lowest BCUT2D eigenvalue weighted by atomic mass is 10.2. The molecule has 4 rings (SSSR count). The van der Waals surface area contributed by atoms with Crippen molar-refractivity contribution in [2.75, 3.05) is 16.4 Å². The maximum atomic E-state index is 12.6. The average molecular weight is 441 g/mol. The summed E-state index contributed by atoms with van der Waals surface area (Å²) in [6.07, 6.45) is 0. The van der Waals surface area contributed by atoms with E-state index >= 15 is 0 Å². The van der Waals surface area contributed by atoms with Gasteiger partial charge in [0.25, 0.3) is 5.91 Å². The lowest BCUT2D eigenvalue weighted by Crippen LogP contribution is -2.38. The Balaban J connectivity index is 1.78. The molecule has 1 amide bonds. The largest absolute Gasteiger partial charge is 0.314 e. The van der Waals surface area contributed by atoms with Gasteiger partial charge in [0.15, 0.2) is 15.0 Å². The Morgan fingerprint density at radius 2 is 1.81 bits per heavy atom. The number of nitrogens with zero attached hydrogens (tertiary/aromatic N) is 2. The molecule has 0 aliphatic carbocycles. The van der Waals surface area contributed by atoms with Crippen LogP contribution in [-0.4, -0.2) is 42.3 Å². The molecule has 2 aromatic rings. The number of halogens is 2. The third-order valence-corrected chi connectivity index (χ3v) is 8.49. The van der Waals surface area contributed by atoms with Gasteiger partial charge in [-0.15, -0.1) is 0 Å². The third-order valence-electron chi connectivity index (χ3n) is 4.48. The SMILES string of the molecule is O=C(N=C1S[C@H]2CS(=O)(=O)C[C@@H]2N1c1cccc(Cl)c1Cl)c1ccccc1. The van der Waals surface area contributed by atoms with E-state index in [1.807, 2.05) is 6.07 Å². The number of benzene rings is 2. The molecule has 2 fully saturated rings. The highest BCUT2D eigenvalue weighted by Crippen LogP contribution is 2.44. The zero-order chi connectivity index (χ0) is 19.2. The summed E-state index contributed by atoms with van der Waals surface area (Å²) in [5, 5.41) is 0.909. The van der Waals surface area contributed by atoms with Crippen molar-refractivity contribution in [3.05, 3.63) is 64.1 Å². The van der Waals surface area contributed by atoms with Gasteiger partial charge in [0.1, 0.15) is 0 Å². The molecular weight excluding hydrogens is 427 g/mol. The van der Waals surface area contributed by atoms with Gasteiger partial charge in [0, 0.05) is 10.8 Å². The molecule has 0 saturated carbocycles. The number of hydrogen-bond donors (Lipinski definition) is 0. The van der Waals surface area contributed by atoms with Crippen LogP contribution in [0.15, 0.2) is 53.5 Å². The van der Waals surface area contributed by atoms with Crippen LogP contribution >= 0.6 is 35.0 Å². The number of fused-ring (bicyclic) bond motifs is 1. The molecule has 2 aromatic carbocycles. The first-order valence-corrected chi connectivity index (χ1v) is 11.6. The Morgan fingerprint density at radius 1 is 1.07 bits per heavy atom. The minimum absolute atomic E-state index is 0.00788. The summed E-state index contributed by atoms with van der Waals surface area (Å²) < 4.78 is 24.2. The summed E-state index contributed by atoms with van der Waals surface area (Å²) in [6.45, 7) is 0. The van der Waals surface area contributed by atoms with Crippen LogP contribution in [0.3, 0.4) is 0 Å². The van der Waals surface area contributed by atoms with Gasteiger partial charge in [0.2, 0.25) is 0 Å². The topological polar surface area (TPSA) is 66.8 Å². The maximum Gasteiger partial charge on any atom is 0.279 e. The number of amidine groups is 1. The zero-order valence-electron chi connectivity index (χ0n) is 13.9. The number of carbonyl (C=O) groups excluding carboxylic acids is 1. The molecule has 2 aliphatic heterocycles. The Bertz CT molecular complexity index is 1040. The molecule has 140 valence electrons. The first kappa shape index (κ1) is 18.8. The molecule has 0 aromatic heterocycles. The second-order valence-electron chi connectivity index (χ2n) is 6.31. The highest BCUT2D eigenvalue weighted by atomic mass is 35.5. The molecule has 2 saturated heterocycles. The van der Waals surface area contributed by atoms with Gasteiger partial charge in [-0.25, -0.2) is 8.42 Å². The first-order valence-electron chi connectivity index (χ1n) is 8.14. The van der Waals surface area contributed by atoms with Gasteiger partial charge in [-0.1, -0.05) is 59.2 Å². The van der Waals surface area contributed by atoms with Crippen LogP contribution in [0.5, 0.6) is 0 Å². The molecule has 0 bridgehead atoms. The van der Waals surface area contributed by atoms with Crippen molar-refractivity contribution in [2.45, 2.75) is 11.3 Å². The van der Waals surface area contributed by atoms with E-state index in [1.165, 1.54) is 11.8 Å². The fraction of sp³-hybridized carbons (Fsp3) is 0.222. The minimum Gasteiger partial charge on any atom is -0.314 e. The van der Waals surface area contributed by atoms with E-state index in [0.717, 1.165) is 0 Å². The Hall–Kier alpha value is -1.54. The first-order chi connectivity index (χ1) is 12.9. The molecular formula is C18H14Cl2N2O3S2. The number of hydrogen-bond acceptors (Lipinski definition) is 4. The van der Waals surface area contributed by atoms with Crippen molar-refractivity contribution in [2.24, 2.45) is 4.99 Å². The van der Waals surface area contributed by atoms with Gasteiger partial charge >= 0.3 is 0 Å². The maximum absolute atomic E-state index is 12.6. The van der Waals surface area contributed by atoms with Crippen LogP contribution in [-0.2, 0) is 9.84 Å². The molecule has 2 atom stereocenters. The van der Waals surface area contributed by atoms with Gasteiger partial charge in [0.05, 0.1) is 33.3 Å². The Morgan fingerprint density at radius 3 is 2.56 bits per heavy atom. The molecule has 0 spiro atoms. The summed E-state index contributed by atoms with van der Waals surface area (Å²) in [4.78, 5) is 18.6. The van der Waals surface area contributed by atoms with Crippen molar-refractivity contribution in [1.29, 1.82) is 0 Å². The van der Waals surface area contributed by atoms with Gasteiger partial charge in [-0.2, -0.15) is 4.99 Å². The molecule has 5 nitrogen and oxygen atoms in total. The lowest BCUT2D eigenvalue weighted by molar-refractivity contribution is 0.100. The Kier molecular flexibility index (Phi) is 4.96. The van der Waals surface area contributed by atoms with E-state index < -0.39 is 9.84 Å². The molecule has 0 N–H and O–H groups in total. The van der Waals surface area contributed by atoms with E-state index in [0.29, 0.717) is 26.5 Å². The van der Waals surface area contributed by atoms with Crippen LogP contribution in [0.1, 0.15) is 10.4 Å². The van der Waals surface area contributed by atoms with Crippen LogP contribution in [0, 0.1) is 0 Å². The minimum atomic E-state index is -3.15. The number of anilines is 1. The molecule has 27 heavy (non-hydrogen) atoms. The van der Waals surface area contributed by atoms with Gasteiger partial charge < -0.3 is 4.90 Å². The number of amides is 1. The summed E-state index contributed by atoms with van der Waals surface area (Å²) in [5.74, 6) is -0.342. The highest BCUT2D eigenvalue weighted by Gasteiger charge is 2.49. The highest BCUT2D eigenvalue weighted by molar-refractivity contribution is 8.16. The third kappa shape index (κ3) is 3.61. The van der Waals surface area contributed by atoms with Crippen LogP contribution < -0.4 is 4.90 Å². The standard InChI is InChI=1S/C18H14Cl2N2O3S2/c19-12-7-4-8-13(16(12)20)22-14-9-27(24,25)10-15(14)26-18(22)21-17(23)11-5-2-1-3-6-11/h1-8,14-15H,9-10H2/t14-,15-/m0/s1.